The maximum atomic E-state index is 12.7. The molecule has 0 aliphatic carbocycles. The number of carbonyl (C=O) groups is 1. The lowest BCUT2D eigenvalue weighted by Crippen LogP contribution is -2.21. The molecule has 2 N–H and O–H groups in total. The molecule has 3 aromatic carbocycles. The maximum absolute atomic E-state index is 12.7. The minimum Gasteiger partial charge on any atom is -0.507 e. The predicted molar refractivity (Wildman–Crippen MR) is 97.8 cm³/mol. The Morgan fingerprint density at radius 1 is 0.923 bits per heavy atom. The Labute approximate surface area is 151 Å². The third-order valence-electron chi connectivity index (χ3n) is 4.64. The van der Waals surface area contributed by atoms with Crippen molar-refractivity contribution in [2.45, 2.75) is 18.9 Å². The molecule has 0 radical (unpaired) electrons. The lowest BCUT2D eigenvalue weighted by molar-refractivity contribution is 0.0842. The highest BCUT2D eigenvalue weighted by Gasteiger charge is 2.33. The number of benzene rings is 3. The Kier molecular flexibility index (Phi) is 4.09. The maximum Gasteiger partial charge on any atom is 0.174 e. The molecule has 26 heavy (non-hydrogen) atoms. The van der Waals surface area contributed by atoms with E-state index in [0.717, 1.165) is 11.1 Å². The van der Waals surface area contributed by atoms with Crippen LogP contribution in [0.25, 0.3) is 0 Å². The van der Waals surface area contributed by atoms with Gasteiger partial charge < -0.3 is 14.9 Å². The summed E-state index contributed by atoms with van der Waals surface area (Å²) in [6.07, 6.45) is 0.122. The predicted octanol–water partition coefficient (Wildman–Crippen LogP) is 4.40. The number of phenolic OH excluding ortho intramolecular Hbond substituents is 2. The summed E-state index contributed by atoms with van der Waals surface area (Å²) >= 11 is 0. The quantitative estimate of drug-likeness (QED) is 0.738. The number of Topliss-reactive ketones (excluding diaryl/α,β-unsaturated/α-hetero) is 1. The van der Waals surface area contributed by atoms with Crippen LogP contribution in [0.4, 0.5) is 0 Å². The molecule has 3 aromatic rings. The standard InChI is InChI=1S/C22H18O4/c23-17-12-18(24)21-19(25)13-20(15-9-5-2-6-10-15)26-22(21)16(17)11-14-7-3-1-4-8-14/h1-10,12,20,23-24H,11,13H2. The fourth-order valence-corrected chi connectivity index (χ4v) is 3.35. The summed E-state index contributed by atoms with van der Waals surface area (Å²) in [6.45, 7) is 0. The fraction of sp³-hybridized carbons (Fsp3) is 0.136. The number of carbonyl (C=O) groups excluding carboxylic acids is 1. The van der Waals surface area contributed by atoms with E-state index in [1.807, 2.05) is 60.7 Å². The van der Waals surface area contributed by atoms with Crippen LogP contribution in [0.15, 0.2) is 66.7 Å². The molecular formula is C22H18O4. The van der Waals surface area contributed by atoms with Crippen molar-refractivity contribution in [3.63, 3.8) is 0 Å². The van der Waals surface area contributed by atoms with Crippen molar-refractivity contribution in [1.82, 2.24) is 0 Å². The van der Waals surface area contributed by atoms with Gasteiger partial charge in [0.1, 0.15) is 28.9 Å². The van der Waals surface area contributed by atoms with Gasteiger partial charge >= 0.3 is 0 Å². The van der Waals surface area contributed by atoms with Gasteiger partial charge in [0.2, 0.25) is 0 Å². The number of rotatable bonds is 3. The summed E-state index contributed by atoms with van der Waals surface area (Å²) in [4.78, 5) is 12.7. The summed E-state index contributed by atoms with van der Waals surface area (Å²) in [5.41, 5.74) is 2.53. The summed E-state index contributed by atoms with van der Waals surface area (Å²) in [7, 11) is 0. The number of ketones is 1. The highest BCUT2D eigenvalue weighted by Crippen LogP contribution is 2.45. The lowest BCUT2D eigenvalue weighted by Gasteiger charge is -2.28. The molecule has 0 bridgehead atoms. The van der Waals surface area contributed by atoms with Crippen molar-refractivity contribution in [2.24, 2.45) is 0 Å². The molecule has 0 amide bonds. The minimum absolute atomic E-state index is 0.0772. The molecule has 130 valence electrons. The second kappa shape index (κ2) is 6.56. The molecule has 1 unspecified atom stereocenters. The van der Waals surface area contributed by atoms with E-state index in [4.69, 9.17) is 4.74 Å². The third kappa shape index (κ3) is 2.90. The van der Waals surface area contributed by atoms with Crippen molar-refractivity contribution in [3.8, 4) is 17.2 Å². The Morgan fingerprint density at radius 2 is 1.58 bits per heavy atom. The molecule has 0 saturated heterocycles. The van der Waals surface area contributed by atoms with Gasteiger partial charge in [-0.15, -0.1) is 0 Å². The molecule has 0 saturated carbocycles. The normalized spacial score (nSPS) is 16.0. The second-order valence-corrected chi connectivity index (χ2v) is 6.40. The lowest BCUT2D eigenvalue weighted by atomic mass is 9.91. The number of aromatic hydroxyl groups is 2. The van der Waals surface area contributed by atoms with Gasteiger partial charge in [-0.1, -0.05) is 60.7 Å². The number of phenols is 2. The van der Waals surface area contributed by atoms with Crippen LogP contribution in [-0.4, -0.2) is 16.0 Å². The van der Waals surface area contributed by atoms with Crippen molar-refractivity contribution in [1.29, 1.82) is 0 Å². The van der Waals surface area contributed by atoms with Gasteiger partial charge in [0, 0.05) is 18.1 Å². The molecule has 1 aliphatic heterocycles. The van der Waals surface area contributed by atoms with Crippen LogP contribution in [0.1, 0.15) is 39.6 Å². The summed E-state index contributed by atoms with van der Waals surface area (Å²) in [5, 5.41) is 20.6. The van der Waals surface area contributed by atoms with E-state index in [0.29, 0.717) is 12.0 Å². The number of fused-ring (bicyclic) bond motifs is 1. The summed E-state index contributed by atoms with van der Waals surface area (Å²) < 4.78 is 6.11. The van der Waals surface area contributed by atoms with Crippen LogP contribution in [-0.2, 0) is 6.42 Å². The molecule has 1 aliphatic rings. The van der Waals surface area contributed by atoms with Crippen LogP contribution in [0.2, 0.25) is 0 Å². The Bertz CT molecular complexity index is 949. The van der Waals surface area contributed by atoms with Gasteiger partial charge in [0.25, 0.3) is 0 Å². The highest BCUT2D eigenvalue weighted by atomic mass is 16.5. The molecule has 4 rings (SSSR count). The molecular weight excluding hydrogens is 328 g/mol. The van der Waals surface area contributed by atoms with Crippen LogP contribution < -0.4 is 4.74 Å². The van der Waals surface area contributed by atoms with E-state index in [1.54, 1.807) is 0 Å². The molecule has 0 aromatic heterocycles. The molecule has 1 heterocycles. The first-order chi connectivity index (χ1) is 12.6. The van der Waals surface area contributed by atoms with E-state index >= 15 is 0 Å². The van der Waals surface area contributed by atoms with Crippen molar-refractivity contribution >= 4 is 5.78 Å². The van der Waals surface area contributed by atoms with Gasteiger partial charge in [-0.05, 0) is 11.1 Å². The average molecular weight is 346 g/mol. The van der Waals surface area contributed by atoms with Gasteiger partial charge in [-0.3, -0.25) is 4.79 Å². The number of hydrogen-bond acceptors (Lipinski definition) is 4. The summed E-state index contributed by atoms with van der Waals surface area (Å²) in [6, 6.07) is 20.4. The first-order valence-corrected chi connectivity index (χ1v) is 8.50. The van der Waals surface area contributed by atoms with Gasteiger partial charge in [-0.25, -0.2) is 0 Å². The Balaban J connectivity index is 1.80. The van der Waals surface area contributed by atoms with E-state index in [9.17, 15) is 15.0 Å². The van der Waals surface area contributed by atoms with E-state index in [2.05, 4.69) is 0 Å². The Hall–Kier alpha value is -3.27. The van der Waals surface area contributed by atoms with Gasteiger partial charge in [0.05, 0.1) is 6.42 Å². The fourth-order valence-electron chi connectivity index (χ4n) is 3.35. The zero-order chi connectivity index (χ0) is 18.1. The SMILES string of the molecule is O=C1CC(c2ccccc2)Oc2c(Cc3ccccc3)c(O)cc(O)c21. The van der Waals surface area contributed by atoms with E-state index in [1.165, 1.54) is 6.07 Å². The third-order valence-corrected chi connectivity index (χ3v) is 4.64. The van der Waals surface area contributed by atoms with Crippen LogP contribution in [0.3, 0.4) is 0 Å². The number of hydrogen-bond donors (Lipinski definition) is 2. The first kappa shape index (κ1) is 16.2. The zero-order valence-corrected chi connectivity index (χ0v) is 14.1. The molecule has 4 heteroatoms. The topological polar surface area (TPSA) is 66.8 Å². The second-order valence-electron chi connectivity index (χ2n) is 6.40. The largest absolute Gasteiger partial charge is 0.507 e. The van der Waals surface area contributed by atoms with Crippen molar-refractivity contribution in [3.05, 3.63) is 89.0 Å². The van der Waals surface area contributed by atoms with Crippen LogP contribution >= 0.6 is 0 Å². The monoisotopic (exact) mass is 346 g/mol. The van der Waals surface area contributed by atoms with Crippen LogP contribution in [0, 0.1) is 0 Å². The smallest absolute Gasteiger partial charge is 0.174 e. The first-order valence-electron chi connectivity index (χ1n) is 8.50. The molecule has 0 fully saturated rings. The molecule has 1 atom stereocenters. The van der Waals surface area contributed by atoms with Gasteiger partial charge in [-0.2, -0.15) is 0 Å². The zero-order valence-electron chi connectivity index (χ0n) is 14.1. The molecule has 0 spiro atoms. The van der Waals surface area contributed by atoms with Crippen molar-refractivity contribution < 1.29 is 19.7 Å². The van der Waals surface area contributed by atoms with E-state index < -0.39 is 6.10 Å². The Morgan fingerprint density at radius 3 is 2.27 bits per heavy atom. The van der Waals surface area contributed by atoms with Crippen LogP contribution in [0.5, 0.6) is 17.2 Å². The highest BCUT2D eigenvalue weighted by molar-refractivity contribution is 6.03. The van der Waals surface area contributed by atoms with Crippen molar-refractivity contribution in [2.75, 3.05) is 0 Å². The van der Waals surface area contributed by atoms with Gasteiger partial charge in [0.15, 0.2) is 5.78 Å². The minimum atomic E-state index is -0.438. The average Bonchev–Trinajstić information content (AvgIpc) is 2.66. The van der Waals surface area contributed by atoms with E-state index in [-0.39, 0.29) is 35.0 Å². The number of ether oxygens (including phenoxy) is 1. The molecule has 4 nitrogen and oxygen atoms in total. The summed E-state index contributed by atoms with van der Waals surface area (Å²) in [5.74, 6) is -0.235.